The van der Waals surface area contributed by atoms with E-state index in [1.54, 1.807) is 0 Å². The number of aromatic nitrogens is 2. The number of ether oxygens (including phenoxy) is 1. The summed E-state index contributed by atoms with van der Waals surface area (Å²) in [4.78, 5) is 10.9. The molecule has 0 spiro atoms. The highest BCUT2D eigenvalue weighted by Crippen LogP contribution is 2.28. The maximum atomic E-state index is 12.1. The summed E-state index contributed by atoms with van der Waals surface area (Å²) in [7, 11) is 0. The standard InChI is InChI=1S/C11H7F3N2O3/c12-11(13,14)19-7-3-1-2-6(4-7)9-8(10(17)18)5-15-16-9/h1-5H,(H,15,16)(H,17,18). The minimum absolute atomic E-state index is 0.111. The molecule has 0 unspecified atom stereocenters. The topological polar surface area (TPSA) is 75.2 Å². The van der Waals surface area contributed by atoms with E-state index in [2.05, 4.69) is 14.9 Å². The molecular formula is C11H7F3N2O3. The number of benzene rings is 1. The summed E-state index contributed by atoms with van der Waals surface area (Å²) in [6.07, 6.45) is -3.73. The van der Waals surface area contributed by atoms with Crippen molar-refractivity contribution in [3.05, 3.63) is 36.0 Å². The number of hydrogen-bond acceptors (Lipinski definition) is 3. The zero-order valence-electron chi connectivity index (χ0n) is 9.23. The molecule has 8 heteroatoms. The first-order valence-corrected chi connectivity index (χ1v) is 4.99. The molecule has 2 aromatic rings. The number of hydrogen-bond donors (Lipinski definition) is 2. The number of rotatable bonds is 3. The quantitative estimate of drug-likeness (QED) is 0.900. The third-order valence-corrected chi connectivity index (χ3v) is 2.23. The summed E-state index contributed by atoms with van der Waals surface area (Å²) in [5.41, 5.74) is 0.209. The van der Waals surface area contributed by atoms with Crippen molar-refractivity contribution in [3.63, 3.8) is 0 Å². The second kappa shape index (κ2) is 4.63. The van der Waals surface area contributed by atoms with E-state index >= 15 is 0 Å². The molecule has 0 radical (unpaired) electrons. The van der Waals surface area contributed by atoms with E-state index in [4.69, 9.17) is 5.11 Å². The van der Waals surface area contributed by atoms with Crippen LogP contribution in [0, 0.1) is 0 Å². The van der Waals surface area contributed by atoms with Crippen LogP contribution in [0.4, 0.5) is 13.2 Å². The van der Waals surface area contributed by atoms with Gasteiger partial charge in [0.2, 0.25) is 0 Å². The van der Waals surface area contributed by atoms with Gasteiger partial charge in [-0.05, 0) is 12.1 Å². The Morgan fingerprint density at radius 3 is 2.74 bits per heavy atom. The summed E-state index contributed by atoms with van der Waals surface area (Å²) in [5, 5.41) is 14.9. The predicted molar refractivity (Wildman–Crippen MR) is 57.7 cm³/mol. The van der Waals surface area contributed by atoms with E-state index in [-0.39, 0.29) is 16.8 Å². The number of alkyl halides is 3. The average Bonchev–Trinajstić information content (AvgIpc) is 2.75. The third-order valence-electron chi connectivity index (χ3n) is 2.23. The number of H-pyrrole nitrogens is 1. The lowest BCUT2D eigenvalue weighted by Gasteiger charge is -2.09. The van der Waals surface area contributed by atoms with Crippen LogP contribution in [0.2, 0.25) is 0 Å². The van der Waals surface area contributed by atoms with E-state index in [0.29, 0.717) is 0 Å². The molecule has 1 heterocycles. The number of carboxylic acids is 1. The Morgan fingerprint density at radius 2 is 2.11 bits per heavy atom. The summed E-state index contributed by atoms with van der Waals surface area (Å²) in [6, 6.07) is 4.97. The van der Waals surface area contributed by atoms with Crippen LogP contribution in [0.25, 0.3) is 11.3 Å². The van der Waals surface area contributed by atoms with Crippen molar-refractivity contribution in [1.29, 1.82) is 0 Å². The molecule has 2 N–H and O–H groups in total. The number of aromatic carboxylic acids is 1. The van der Waals surface area contributed by atoms with Crippen molar-refractivity contribution in [2.45, 2.75) is 6.36 Å². The molecule has 1 aromatic heterocycles. The fourth-order valence-electron chi connectivity index (χ4n) is 1.52. The van der Waals surface area contributed by atoms with Crippen LogP contribution in [0.3, 0.4) is 0 Å². The zero-order chi connectivity index (χ0) is 14.0. The highest BCUT2D eigenvalue weighted by atomic mass is 19.4. The van der Waals surface area contributed by atoms with Crippen LogP contribution in [0.5, 0.6) is 5.75 Å². The van der Waals surface area contributed by atoms with Crippen LogP contribution < -0.4 is 4.74 Å². The maximum absolute atomic E-state index is 12.1. The summed E-state index contributed by atoms with van der Waals surface area (Å²) >= 11 is 0. The van der Waals surface area contributed by atoms with Gasteiger partial charge in [0.05, 0.1) is 11.9 Å². The van der Waals surface area contributed by atoms with Crippen molar-refractivity contribution >= 4 is 5.97 Å². The van der Waals surface area contributed by atoms with Crippen molar-refractivity contribution < 1.29 is 27.8 Å². The Labute approximate surface area is 104 Å². The van der Waals surface area contributed by atoms with Crippen LogP contribution in [0.1, 0.15) is 10.4 Å². The Balaban J connectivity index is 2.38. The van der Waals surface area contributed by atoms with Gasteiger partial charge in [-0.15, -0.1) is 13.2 Å². The molecule has 0 fully saturated rings. The predicted octanol–water partition coefficient (Wildman–Crippen LogP) is 2.67. The molecule has 5 nitrogen and oxygen atoms in total. The van der Waals surface area contributed by atoms with Crippen molar-refractivity contribution in [1.82, 2.24) is 10.2 Å². The van der Waals surface area contributed by atoms with Crippen LogP contribution in [-0.2, 0) is 0 Å². The smallest absolute Gasteiger partial charge is 0.478 e. The number of halogens is 3. The number of nitrogens with one attached hydrogen (secondary N) is 1. The van der Waals surface area contributed by atoms with Gasteiger partial charge in [-0.3, -0.25) is 5.10 Å². The summed E-state index contributed by atoms with van der Waals surface area (Å²) in [5.74, 6) is -1.66. The van der Waals surface area contributed by atoms with Gasteiger partial charge < -0.3 is 9.84 Å². The Kier molecular flexibility index (Phi) is 3.16. The molecular weight excluding hydrogens is 265 g/mol. The molecule has 0 amide bonds. The van der Waals surface area contributed by atoms with Crippen LogP contribution >= 0.6 is 0 Å². The van der Waals surface area contributed by atoms with Gasteiger partial charge in [-0.1, -0.05) is 12.1 Å². The van der Waals surface area contributed by atoms with Crippen molar-refractivity contribution in [3.8, 4) is 17.0 Å². The lowest BCUT2D eigenvalue weighted by atomic mass is 10.1. The molecule has 0 atom stereocenters. The van der Waals surface area contributed by atoms with Gasteiger partial charge >= 0.3 is 12.3 Å². The first-order chi connectivity index (χ1) is 8.87. The fourth-order valence-corrected chi connectivity index (χ4v) is 1.52. The number of carboxylic acid groups (broad SMARTS) is 1. The molecule has 0 aliphatic heterocycles. The number of carbonyl (C=O) groups is 1. The molecule has 0 aliphatic rings. The van der Waals surface area contributed by atoms with Crippen molar-refractivity contribution in [2.75, 3.05) is 0 Å². The minimum atomic E-state index is -4.80. The van der Waals surface area contributed by atoms with Gasteiger partial charge in [-0.2, -0.15) is 5.10 Å². The number of aromatic amines is 1. The summed E-state index contributed by atoms with van der Waals surface area (Å²) < 4.78 is 40.0. The van der Waals surface area contributed by atoms with Crippen molar-refractivity contribution in [2.24, 2.45) is 0 Å². The Morgan fingerprint density at radius 1 is 1.37 bits per heavy atom. The highest BCUT2D eigenvalue weighted by molar-refractivity contribution is 5.94. The van der Waals surface area contributed by atoms with E-state index in [1.165, 1.54) is 12.1 Å². The number of nitrogens with zero attached hydrogens (tertiary/aromatic N) is 1. The van der Waals surface area contributed by atoms with E-state index < -0.39 is 18.1 Å². The maximum Gasteiger partial charge on any atom is 0.573 e. The molecule has 0 aliphatic carbocycles. The van der Waals surface area contributed by atoms with Gasteiger partial charge in [0.1, 0.15) is 11.3 Å². The van der Waals surface area contributed by atoms with E-state index in [1.807, 2.05) is 0 Å². The second-order valence-electron chi connectivity index (χ2n) is 3.54. The first kappa shape index (κ1) is 12.9. The van der Waals surface area contributed by atoms with E-state index in [9.17, 15) is 18.0 Å². The van der Waals surface area contributed by atoms with E-state index in [0.717, 1.165) is 18.3 Å². The molecule has 0 saturated carbocycles. The monoisotopic (exact) mass is 272 g/mol. The molecule has 19 heavy (non-hydrogen) atoms. The average molecular weight is 272 g/mol. The fraction of sp³-hybridized carbons (Fsp3) is 0.0909. The molecule has 1 aromatic carbocycles. The van der Waals surface area contributed by atoms with Gasteiger partial charge in [0, 0.05) is 5.56 Å². The zero-order valence-corrected chi connectivity index (χ0v) is 9.23. The second-order valence-corrected chi connectivity index (χ2v) is 3.54. The highest BCUT2D eigenvalue weighted by Gasteiger charge is 2.31. The largest absolute Gasteiger partial charge is 0.573 e. The molecule has 0 bridgehead atoms. The lowest BCUT2D eigenvalue weighted by molar-refractivity contribution is -0.274. The molecule has 0 saturated heterocycles. The molecule has 2 rings (SSSR count). The Hall–Kier alpha value is -2.51. The Bertz CT molecular complexity index is 607. The van der Waals surface area contributed by atoms with Crippen LogP contribution in [-0.4, -0.2) is 27.6 Å². The third kappa shape index (κ3) is 3.03. The SMILES string of the molecule is O=C(O)c1cn[nH]c1-c1cccc(OC(F)(F)F)c1. The first-order valence-electron chi connectivity index (χ1n) is 4.99. The summed E-state index contributed by atoms with van der Waals surface area (Å²) in [6.45, 7) is 0. The normalized spacial score (nSPS) is 11.3. The molecule has 100 valence electrons. The van der Waals surface area contributed by atoms with Gasteiger partial charge in [-0.25, -0.2) is 4.79 Å². The lowest BCUT2D eigenvalue weighted by Crippen LogP contribution is -2.17. The van der Waals surface area contributed by atoms with Gasteiger partial charge in [0.15, 0.2) is 0 Å². The van der Waals surface area contributed by atoms with Gasteiger partial charge in [0.25, 0.3) is 0 Å². The minimum Gasteiger partial charge on any atom is -0.478 e. The van der Waals surface area contributed by atoms with Crippen LogP contribution in [0.15, 0.2) is 30.5 Å².